The number of halogens is 1. The molecule has 0 amide bonds. The SMILES string of the molecule is Cc1cc(C(=O)O)ccc1-c1ccc(C=c2sc3n(c2=O)[C@@H](c2ccc(F)cc2)C2=C(N=3)c3ccccc3CC2)o1. The molecule has 41 heavy (non-hydrogen) atoms. The first-order chi connectivity index (χ1) is 19.9. The van der Waals surface area contributed by atoms with Crippen LogP contribution in [-0.4, -0.2) is 15.6 Å². The van der Waals surface area contributed by atoms with Gasteiger partial charge >= 0.3 is 5.97 Å². The second kappa shape index (κ2) is 9.67. The quantitative estimate of drug-likeness (QED) is 0.304. The minimum atomic E-state index is -0.987. The van der Waals surface area contributed by atoms with E-state index in [-0.39, 0.29) is 23.0 Å². The fraction of sp³-hybridized carbons (Fsp3) is 0.121. The van der Waals surface area contributed by atoms with Gasteiger partial charge in [0.05, 0.1) is 21.8 Å². The van der Waals surface area contributed by atoms with Crippen LogP contribution in [0.1, 0.15) is 50.8 Å². The minimum absolute atomic E-state index is 0.187. The molecule has 3 heterocycles. The predicted octanol–water partition coefficient (Wildman–Crippen LogP) is 5.72. The summed E-state index contributed by atoms with van der Waals surface area (Å²) in [7, 11) is 0. The number of aromatic nitrogens is 1. The molecule has 0 saturated heterocycles. The molecule has 0 fully saturated rings. The van der Waals surface area contributed by atoms with E-state index in [2.05, 4.69) is 12.1 Å². The molecule has 1 aliphatic carbocycles. The maximum absolute atomic E-state index is 13.9. The van der Waals surface area contributed by atoms with Crippen molar-refractivity contribution in [2.45, 2.75) is 25.8 Å². The average molecular weight is 563 g/mol. The highest BCUT2D eigenvalue weighted by Gasteiger charge is 2.32. The van der Waals surface area contributed by atoms with Crippen LogP contribution in [-0.2, 0) is 6.42 Å². The smallest absolute Gasteiger partial charge is 0.335 e. The van der Waals surface area contributed by atoms with Crippen molar-refractivity contribution in [1.29, 1.82) is 0 Å². The molecule has 2 aromatic heterocycles. The molecular formula is C33H23FN2O4S. The van der Waals surface area contributed by atoms with Crippen LogP contribution in [0, 0.1) is 12.7 Å². The normalized spacial score (nSPS) is 16.1. The Morgan fingerprint density at radius 3 is 2.63 bits per heavy atom. The van der Waals surface area contributed by atoms with Gasteiger partial charge in [0.1, 0.15) is 17.3 Å². The summed E-state index contributed by atoms with van der Waals surface area (Å²) in [4.78, 5) is 30.8. The van der Waals surface area contributed by atoms with Crippen molar-refractivity contribution < 1.29 is 18.7 Å². The highest BCUT2D eigenvalue weighted by Crippen LogP contribution is 2.41. The van der Waals surface area contributed by atoms with E-state index in [1.54, 1.807) is 47.0 Å². The molecule has 0 radical (unpaired) electrons. The van der Waals surface area contributed by atoms with Crippen LogP contribution in [0.2, 0.25) is 0 Å². The van der Waals surface area contributed by atoms with Crippen LogP contribution in [0.15, 0.2) is 98.6 Å². The molecule has 202 valence electrons. The number of rotatable bonds is 4. The van der Waals surface area contributed by atoms with E-state index in [1.165, 1.54) is 29.0 Å². The van der Waals surface area contributed by atoms with Crippen LogP contribution < -0.4 is 14.9 Å². The van der Waals surface area contributed by atoms with Crippen molar-refractivity contribution in [3.8, 4) is 11.3 Å². The second-order valence-electron chi connectivity index (χ2n) is 10.2. The third-order valence-corrected chi connectivity index (χ3v) is 8.68. The number of furan rings is 1. The van der Waals surface area contributed by atoms with Crippen molar-refractivity contribution >= 4 is 29.1 Å². The molecule has 0 unspecified atom stereocenters. The van der Waals surface area contributed by atoms with E-state index in [1.807, 2.05) is 25.1 Å². The Morgan fingerprint density at radius 2 is 1.85 bits per heavy atom. The van der Waals surface area contributed by atoms with Gasteiger partial charge in [-0.05, 0) is 78.4 Å². The van der Waals surface area contributed by atoms with E-state index in [4.69, 9.17) is 9.41 Å². The number of carboxylic acids is 1. The molecule has 0 spiro atoms. The molecule has 7 rings (SSSR count). The fourth-order valence-corrected chi connectivity index (χ4v) is 6.73. The van der Waals surface area contributed by atoms with E-state index >= 15 is 0 Å². The molecule has 0 bridgehead atoms. The zero-order valence-corrected chi connectivity index (χ0v) is 22.7. The van der Waals surface area contributed by atoms with Gasteiger partial charge in [-0.15, -0.1) is 0 Å². The Bertz CT molecular complexity index is 2080. The summed E-state index contributed by atoms with van der Waals surface area (Å²) < 4.78 is 22.1. The van der Waals surface area contributed by atoms with Crippen molar-refractivity contribution in [2.75, 3.05) is 0 Å². The largest absolute Gasteiger partial charge is 0.478 e. The van der Waals surface area contributed by atoms with Crippen LogP contribution in [0.4, 0.5) is 4.39 Å². The highest BCUT2D eigenvalue weighted by atomic mass is 32.1. The average Bonchev–Trinajstić information content (AvgIpc) is 3.56. The van der Waals surface area contributed by atoms with Crippen molar-refractivity contribution in [3.05, 3.63) is 144 Å². The maximum Gasteiger partial charge on any atom is 0.335 e. The Kier molecular flexibility index (Phi) is 5.94. The van der Waals surface area contributed by atoms with E-state index < -0.39 is 5.97 Å². The van der Waals surface area contributed by atoms with E-state index in [0.717, 1.165) is 46.4 Å². The lowest BCUT2D eigenvalue weighted by atomic mass is 9.83. The summed E-state index contributed by atoms with van der Waals surface area (Å²) in [5.74, 6) is -0.237. The van der Waals surface area contributed by atoms with Gasteiger partial charge in [0.2, 0.25) is 0 Å². The Balaban J connectivity index is 1.36. The van der Waals surface area contributed by atoms with Crippen molar-refractivity contribution in [2.24, 2.45) is 4.99 Å². The Hall–Kier alpha value is -4.82. The number of carboxylic acid groups (broad SMARTS) is 1. The first kappa shape index (κ1) is 25.2. The van der Waals surface area contributed by atoms with Crippen LogP contribution >= 0.6 is 11.3 Å². The molecule has 1 atom stereocenters. The summed E-state index contributed by atoms with van der Waals surface area (Å²) in [6.45, 7) is 1.83. The molecular weight excluding hydrogens is 539 g/mol. The van der Waals surface area contributed by atoms with Gasteiger partial charge in [-0.2, -0.15) is 0 Å². The maximum atomic E-state index is 13.9. The molecule has 1 N–H and O–H groups in total. The third kappa shape index (κ3) is 4.28. The highest BCUT2D eigenvalue weighted by molar-refractivity contribution is 7.07. The van der Waals surface area contributed by atoms with E-state index in [0.29, 0.717) is 20.9 Å². The zero-order chi connectivity index (χ0) is 28.2. The van der Waals surface area contributed by atoms with Gasteiger partial charge in [0, 0.05) is 17.2 Å². The number of thiazole rings is 1. The number of aryl methyl sites for hydroxylation is 2. The van der Waals surface area contributed by atoms with Crippen LogP contribution in [0.5, 0.6) is 0 Å². The summed E-state index contributed by atoms with van der Waals surface area (Å²) in [5, 5.41) is 9.27. The summed E-state index contributed by atoms with van der Waals surface area (Å²) in [6.07, 6.45) is 3.31. The fourth-order valence-electron chi connectivity index (χ4n) is 5.74. The summed E-state index contributed by atoms with van der Waals surface area (Å²) in [5.41, 5.74) is 6.63. The van der Waals surface area contributed by atoms with Crippen LogP contribution in [0.25, 0.3) is 23.1 Å². The molecule has 6 nitrogen and oxygen atoms in total. The minimum Gasteiger partial charge on any atom is -0.478 e. The first-order valence-electron chi connectivity index (χ1n) is 13.2. The predicted molar refractivity (Wildman–Crippen MR) is 155 cm³/mol. The third-order valence-electron chi connectivity index (χ3n) is 7.70. The number of carbonyl (C=O) groups is 1. The number of nitrogens with zero attached hydrogens (tertiary/aromatic N) is 2. The lowest BCUT2D eigenvalue weighted by molar-refractivity contribution is 0.0696. The monoisotopic (exact) mass is 562 g/mol. The van der Waals surface area contributed by atoms with Gasteiger partial charge in [-0.25, -0.2) is 14.2 Å². The molecule has 8 heteroatoms. The van der Waals surface area contributed by atoms with E-state index in [9.17, 15) is 19.1 Å². The number of fused-ring (bicyclic) bond motifs is 3. The Morgan fingerprint density at radius 1 is 1.05 bits per heavy atom. The lowest BCUT2D eigenvalue weighted by Gasteiger charge is -2.30. The van der Waals surface area contributed by atoms with Gasteiger partial charge in [0.25, 0.3) is 5.56 Å². The number of benzene rings is 3. The second-order valence-corrected chi connectivity index (χ2v) is 11.2. The molecule has 3 aromatic carbocycles. The zero-order valence-electron chi connectivity index (χ0n) is 21.9. The van der Waals surface area contributed by atoms with Gasteiger partial charge in [-0.3, -0.25) is 9.36 Å². The molecule has 2 aliphatic rings. The van der Waals surface area contributed by atoms with Crippen molar-refractivity contribution in [3.63, 3.8) is 0 Å². The standard InChI is InChI=1S/C33H23FN2O4S/c1-18-16-21(32(38)39)9-13-24(18)27-15-12-23(40-27)17-28-31(37)36-30(20-6-10-22(34)11-7-20)26-14-8-19-4-2-3-5-25(19)29(26)35-33(36)41-28/h2-7,9-13,15-17,30H,8,14H2,1H3,(H,38,39)/t30-/m0/s1. The number of hydrogen-bond donors (Lipinski definition) is 1. The Labute approximate surface area is 237 Å². The number of hydrogen-bond acceptors (Lipinski definition) is 5. The molecule has 5 aromatic rings. The molecule has 0 saturated carbocycles. The summed E-state index contributed by atoms with van der Waals surface area (Å²) >= 11 is 1.30. The number of aromatic carboxylic acids is 1. The van der Waals surface area contributed by atoms with Crippen molar-refractivity contribution in [1.82, 2.24) is 4.57 Å². The lowest BCUT2D eigenvalue weighted by Crippen LogP contribution is -2.38. The number of allylic oxidation sites excluding steroid dienone is 1. The molecule has 1 aliphatic heterocycles. The summed E-state index contributed by atoms with van der Waals surface area (Å²) in [6, 6.07) is 22.6. The van der Waals surface area contributed by atoms with Crippen LogP contribution in [0.3, 0.4) is 0 Å². The topological polar surface area (TPSA) is 84.8 Å². The van der Waals surface area contributed by atoms with Gasteiger partial charge in [-0.1, -0.05) is 53.8 Å². The van der Waals surface area contributed by atoms with Gasteiger partial charge < -0.3 is 9.52 Å². The van der Waals surface area contributed by atoms with Gasteiger partial charge in [0.15, 0.2) is 4.80 Å². The first-order valence-corrected chi connectivity index (χ1v) is 14.0.